The average Bonchev–Trinajstić information content (AvgIpc) is 3.10. The molecule has 0 aromatic heterocycles. The molecule has 24 heavy (non-hydrogen) atoms. The highest BCUT2D eigenvalue weighted by atomic mass is 32.2. The number of carbonyl (C=O) groups excluding carboxylic acids is 1. The van der Waals surface area contributed by atoms with E-state index >= 15 is 0 Å². The molecule has 1 fully saturated rings. The lowest BCUT2D eigenvalue weighted by Crippen LogP contribution is -2.06. The average molecular weight is 375 g/mol. The van der Waals surface area contributed by atoms with Gasteiger partial charge in [-0.3, -0.25) is 4.79 Å². The highest BCUT2D eigenvalue weighted by Gasteiger charge is 2.27. The first-order valence-electron chi connectivity index (χ1n) is 7.64. The van der Waals surface area contributed by atoms with E-state index in [1.54, 1.807) is 0 Å². The minimum absolute atomic E-state index is 0.0615. The first kappa shape index (κ1) is 17.5. The van der Waals surface area contributed by atoms with Crippen molar-refractivity contribution in [3.05, 3.63) is 72.8 Å². The van der Waals surface area contributed by atoms with Crippen molar-refractivity contribution < 1.29 is 9.53 Å². The van der Waals surface area contributed by atoms with Crippen LogP contribution in [0, 0.1) is 0 Å². The van der Waals surface area contributed by atoms with E-state index in [0.717, 1.165) is 23.0 Å². The van der Waals surface area contributed by atoms with Gasteiger partial charge in [0.05, 0.1) is 4.58 Å². The van der Waals surface area contributed by atoms with Crippen molar-refractivity contribution in [3.8, 4) is 11.5 Å². The first-order valence-corrected chi connectivity index (χ1v) is 10.6. The summed E-state index contributed by atoms with van der Waals surface area (Å²) < 4.78 is 6.26. The molecule has 2 aromatic rings. The van der Waals surface area contributed by atoms with Crippen molar-refractivity contribution in [2.45, 2.75) is 9.83 Å². The van der Waals surface area contributed by atoms with Crippen molar-refractivity contribution in [1.82, 2.24) is 0 Å². The standard InChI is InChI=1S/C19H18O2S3/c1-2-18(20)22-12-17-13-23-19(24-17)14-8-10-16(11-9-14)21-15-6-4-3-5-7-15/h2-11,17,19H,1,12-13H2. The molecule has 3 rings (SSSR count). The molecule has 0 aliphatic carbocycles. The van der Waals surface area contributed by atoms with Crippen molar-refractivity contribution in [3.63, 3.8) is 0 Å². The van der Waals surface area contributed by atoms with Gasteiger partial charge in [-0.2, -0.15) is 0 Å². The summed E-state index contributed by atoms with van der Waals surface area (Å²) in [6, 6.07) is 18.1. The second kappa shape index (κ2) is 8.70. The van der Waals surface area contributed by atoms with E-state index in [1.165, 1.54) is 23.4 Å². The number of ether oxygens (including phenoxy) is 1. The van der Waals surface area contributed by atoms with Gasteiger partial charge in [0.15, 0.2) is 0 Å². The Morgan fingerprint density at radius 1 is 1.17 bits per heavy atom. The van der Waals surface area contributed by atoms with Crippen LogP contribution in [0.5, 0.6) is 11.5 Å². The molecule has 0 saturated carbocycles. The molecule has 0 bridgehead atoms. The van der Waals surface area contributed by atoms with Gasteiger partial charge in [-0.25, -0.2) is 0 Å². The van der Waals surface area contributed by atoms with Crippen molar-refractivity contribution in [1.29, 1.82) is 0 Å². The third kappa shape index (κ3) is 4.85. The van der Waals surface area contributed by atoms with Crippen LogP contribution < -0.4 is 4.74 Å². The Labute approximate surface area is 155 Å². The molecule has 0 N–H and O–H groups in total. The zero-order valence-corrected chi connectivity index (χ0v) is 15.5. The number of thioether (sulfide) groups is 3. The van der Waals surface area contributed by atoms with Gasteiger partial charge in [-0.05, 0) is 35.9 Å². The number of carbonyl (C=O) groups is 1. The highest BCUT2D eigenvalue weighted by molar-refractivity contribution is 8.21. The molecule has 2 aromatic carbocycles. The first-order chi connectivity index (χ1) is 11.7. The van der Waals surface area contributed by atoms with Crippen LogP contribution in [0.3, 0.4) is 0 Å². The second-order valence-electron chi connectivity index (χ2n) is 5.24. The fraction of sp³-hybridized carbons (Fsp3) is 0.211. The van der Waals surface area contributed by atoms with Crippen molar-refractivity contribution >= 4 is 40.4 Å². The number of hydrogen-bond donors (Lipinski definition) is 0. The molecule has 2 atom stereocenters. The van der Waals surface area contributed by atoms with E-state index in [1.807, 2.05) is 66.0 Å². The van der Waals surface area contributed by atoms with Gasteiger partial charge in [0, 0.05) is 16.8 Å². The number of benzene rings is 2. The molecule has 1 heterocycles. The Balaban J connectivity index is 1.54. The van der Waals surface area contributed by atoms with E-state index in [0.29, 0.717) is 9.83 Å². The minimum Gasteiger partial charge on any atom is -0.457 e. The summed E-state index contributed by atoms with van der Waals surface area (Å²) in [6.45, 7) is 3.51. The van der Waals surface area contributed by atoms with Crippen LogP contribution in [0.2, 0.25) is 0 Å². The summed E-state index contributed by atoms with van der Waals surface area (Å²) in [6.07, 6.45) is 1.39. The number of hydrogen-bond acceptors (Lipinski definition) is 5. The van der Waals surface area contributed by atoms with Crippen LogP contribution in [0.25, 0.3) is 0 Å². The zero-order valence-electron chi connectivity index (χ0n) is 13.1. The van der Waals surface area contributed by atoms with Crippen LogP contribution in [-0.2, 0) is 4.79 Å². The Morgan fingerprint density at radius 2 is 1.88 bits per heavy atom. The molecule has 0 radical (unpaired) electrons. The second-order valence-corrected chi connectivity index (χ2v) is 9.11. The maximum absolute atomic E-state index is 11.3. The molecule has 2 nitrogen and oxygen atoms in total. The third-order valence-corrected chi connectivity index (χ3v) is 8.05. The monoisotopic (exact) mass is 374 g/mol. The lowest BCUT2D eigenvalue weighted by molar-refractivity contribution is -0.107. The summed E-state index contributed by atoms with van der Waals surface area (Å²) in [5.74, 6) is 3.63. The van der Waals surface area contributed by atoms with Gasteiger partial charge in [-0.15, -0.1) is 23.5 Å². The van der Waals surface area contributed by atoms with Gasteiger partial charge < -0.3 is 4.74 Å². The van der Waals surface area contributed by atoms with Crippen molar-refractivity contribution in [2.24, 2.45) is 0 Å². The van der Waals surface area contributed by atoms with Gasteiger partial charge >= 0.3 is 0 Å². The SMILES string of the molecule is C=CC(=O)SCC1CSC(c2ccc(Oc3ccccc3)cc2)S1. The summed E-state index contributed by atoms with van der Waals surface area (Å²) in [5, 5.41) is 0.570. The van der Waals surface area contributed by atoms with E-state index in [9.17, 15) is 4.79 Å². The largest absolute Gasteiger partial charge is 0.457 e. The Kier molecular flexibility index (Phi) is 6.35. The minimum atomic E-state index is 0.0615. The molecule has 1 aliphatic rings. The molecule has 0 amide bonds. The predicted octanol–water partition coefficient (Wildman–Crippen LogP) is 5.77. The molecular formula is C19H18O2S3. The topological polar surface area (TPSA) is 26.3 Å². The quantitative estimate of drug-likeness (QED) is 0.598. The van der Waals surface area contributed by atoms with Gasteiger partial charge in [0.2, 0.25) is 5.12 Å². The van der Waals surface area contributed by atoms with Gasteiger partial charge in [-0.1, -0.05) is 48.7 Å². The normalized spacial score (nSPS) is 19.8. The van der Waals surface area contributed by atoms with Crippen LogP contribution >= 0.6 is 35.3 Å². The number of para-hydroxylation sites is 1. The molecule has 0 spiro atoms. The Hall–Kier alpha value is -1.30. The fourth-order valence-electron chi connectivity index (χ4n) is 2.26. The van der Waals surface area contributed by atoms with E-state index in [4.69, 9.17) is 4.74 Å². The lowest BCUT2D eigenvalue weighted by Gasteiger charge is -2.11. The van der Waals surface area contributed by atoms with Crippen LogP contribution in [0.4, 0.5) is 0 Å². The van der Waals surface area contributed by atoms with E-state index in [2.05, 4.69) is 18.7 Å². The summed E-state index contributed by atoms with van der Waals surface area (Å²) in [7, 11) is 0. The molecule has 1 aliphatic heterocycles. The Morgan fingerprint density at radius 3 is 2.58 bits per heavy atom. The molecule has 5 heteroatoms. The number of rotatable bonds is 6. The maximum atomic E-state index is 11.3. The zero-order chi connectivity index (χ0) is 16.8. The van der Waals surface area contributed by atoms with Crippen LogP contribution in [0.1, 0.15) is 10.1 Å². The smallest absolute Gasteiger partial charge is 0.211 e. The van der Waals surface area contributed by atoms with Gasteiger partial charge in [0.1, 0.15) is 11.5 Å². The molecule has 1 saturated heterocycles. The maximum Gasteiger partial charge on any atom is 0.211 e. The van der Waals surface area contributed by atoms with Gasteiger partial charge in [0.25, 0.3) is 0 Å². The van der Waals surface area contributed by atoms with Crippen LogP contribution in [0.15, 0.2) is 67.3 Å². The van der Waals surface area contributed by atoms with E-state index in [-0.39, 0.29) is 5.12 Å². The summed E-state index contributed by atoms with van der Waals surface area (Å²) >= 11 is 5.25. The highest BCUT2D eigenvalue weighted by Crippen LogP contribution is 2.50. The predicted molar refractivity (Wildman–Crippen MR) is 107 cm³/mol. The van der Waals surface area contributed by atoms with E-state index < -0.39 is 0 Å². The molecule has 124 valence electrons. The third-order valence-electron chi connectivity index (χ3n) is 3.46. The summed E-state index contributed by atoms with van der Waals surface area (Å²) in [5.41, 5.74) is 1.30. The molecular weight excluding hydrogens is 356 g/mol. The molecule has 2 unspecified atom stereocenters. The Bertz CT molecular complexity index is 686. The lowest BCUT2D eigenvalue weighted by atomic mass is 10.2. The summed E-state index contributed by atoms with van der Waals surface area (Å²) in [4.78, 5) is 11.3. The van der Waals surface area contributed by atoms with Crippen molar-refractivity contribution in [2.75, 3.05) is 11.5 Å². The fourth-order valence-corrected chi connectivity index (χ4v) is 6.61. The van der Waals surface area contributed by atoms with Crippen LogP contribution in [-0.4, -0.2) is 21.9 Å².